The average molecular weight is 292 g/mol. The molecule has 4 bridgehead atoms. The van der Waals surface area contributed by atoms with Crippen LogP contribution in [0.1, 0.15) is 51.9 Å². The Labute approximate surface area is 127 Å². The van der Waals surface area contributed by atoms with Crippen molar-refractivity contribution in [1.82, 2.24) is 10.6 Å². The second kappa shape index (κ2) is 4.69. The first kappa shape index (κ1) is 14.0. The number of hydrogen-bond donors (Lipinski definition) is 3. The van der Waals surface area contributed by atoms with Gasteiger partial charge < -0.3 is 15.7 Å². The van der Waals surface area contributed by atoms with Gasteiger partial charge in [-0.3, -0.25) is 4.79 Å². The van der Waals surface area contributed by atoms with Crippen molar-refractivity contribution in [3.05, 3.63) is 0 Å². The number of aliphatic hydroxyl groups is 1. The maximum atomic E-state index is 13.0. The highest BCUT2D eigenvalue weighted by Gasteiger charge is 2.62. The highest BCUT2D eigenvalue weighted by molar-refractivity contribution is 5.83. The van der Waals surface area contributed by atoms with Gasteiger partial charge in [0.2, 0.25) is 5.91 Å². The van der Waals surface area contributed by atoms with Crippen molar-refractivity contribution in [2.75, 3.05) is 13.1 Å². The minimum atomic E-state index is -0.535. The summed E-state index contributed by atoms with van der Waals surface area (Å²) in [6.45, 7) is 4.00. The van der Waals surface area contributed by atoms with Gasteiger partial charge in [0.25, 0.3) is 0 Å². The zero-order valence-electron chi connectivity index (χ0n) is 13.0. The molecule has 3 atom stereocenters. The van der Waals surface area contributed by atoms with Crippen LogP contribution in [0.2, 0.25) is 0 Å². The summed E-state index contributed by atoms with van der Waals surface area (Å²) in [4.78, 5) is 13.0. The van der Waals surface area contributed by atoms with E-state index in [1.807, 2.05) is 6.92 Å². The van der Waals surface area contributed by atoms with E-state index in [9.17, 15) is 9.90 Å². The van der Waals surface area contributed by atoms with Crippen LogP contribution < -0.4 is 10.6 Å². The lowest BCUT2D eigenvalue weighted by Crippen LogP contribution is -2.64. The molecule has 1 saturated heterocycles. The van der Waals surface area contributed by atoms with E-state index >= 15 is 0 Å². The third kappa shape index (κ3) is 2.14. The van der Waals surface area contributed by atoms with Crippen LogP contribution in [0.5, 0.6) is 0 Å². The van der Waals surface area contributed by atoms with Crippen molar-refractivity contribution in [3.63, 3.8) is 0 Å². The van der Waals surface area contributed by atoms with Gasteiger partial charge in [-0.2, -0.15) is 0 Å². The molecule has 0 aromatic rings. The van der Waals surface area contributed by atoms with E-state index in [2.05, 4.69) is 10.6 Å². The van der Waals surface area contributed by atoms with Gasteiger partial charge in [-0.1, -0.05) is 0 Å². The molecular formula is C17H28N2O2. The molecule has 4 saturated carbocycles. The second-order valence-corrected chi connectivity index (χ2v) is 8.37. The Kier molecular flexibility index (Phi) is 3.13. The number of carbonyl (C=O) groups excluding carboxylic acids is 1. The molecule has 0 spiro atoms. The molecule has 4 aliphatic carbocycles. The summed E-state index contributed by atoms with van der Waals surface area (Å²) in [5.41, 5.74) is -0.705. The number of amides is 1. The van der Waals surface area contributed by atoms with Gasteiger partial charge >= 0.3 is 0 Å². The minimum Gasteiger partial charge on any atom is -0.390 e. The number of hydrogen-bond acceptors (Lipinski definition) is 3. The fraction of sp³-hybridized carbons (Fsp3) is 0.941. The van der Waals surface area contributed by atoms with Crippen LogP contribution in [-0.2, 0) is 4.79 Å². The van der Waals surface area contributed by atoms with Crippen molar-refractivity contribution in [2.24, 2.45) is 23.2 Å². The summed E-state index contributed by atoms with van der Waals surface area (Å²) >= 11 is 0. The quantitative estimate of drug-likeness (QED) is 0.721. The Morgan fingerprint density at radius 3 is 2.57 bits per heavy atom. The maximum absolute atomic E-state index is 13.0. The molecule has 5 rings (SSSR count). The Bertz CT molecular complexity index is 424. The van der Waals surface area contributed by atoms with Gasteiger partial charge in [-0.15, -0.1) is 0 Å². The van der Waals surface area contributed by atoms with Gasteiger partial charge in [-0.25, -0.2) is 0 Å². The normalized spacial score (nSPS) is 51.9. The van der Waals surface area contributed by atoms with Gasteiger partial charge in [0, 0.05) is 12.6 Å². The molecule has 0 aromatic heterocycles. The van der Waals surface area contributed by atoms with Crippen LogP contribution in [0.15, 0.2) is 0 Å². The van der Waals surface area contributed by atoms with E-state index in [0.29, 0.717) is 23.8 Å². The Morgan fingerprint density at radius 2 is 1.95 bits per heavy atom. The molecule has 1 aliphatic heterocycles. The predicted octanol–water partition coefficient (Wildman–Crippen LogP) is 1.43. The molecule has 1 heterocycles. The third-order valence-corrected chi connectivity index (χ3v) is 6.96. The Morgan fingerprint density at radius 1 is 1.24 bits per heavy atom. The number of nitrogens with one attached hydrogen (secondary N) is 2. The lowest BCUT2D eigenvalue weighted by atomic mass is 9.44. The van der Waals surface area contributed by atoms with Crippen molar-refractivity contribution in [2.45, 2.75) is 63.5 Å². The molecular weight excluding hydrogens is 264 g/mol. The van der Waals surface area contributed by atoms with Crippen LogP contribution in [-0.4, -0.2) is 35.7 Å². The second-order valence-electron chi connectivity index (χ2n) is 8.37. The Hall–Kier alpha value is -0.610. The molecule has 0 aromatic carbocycles. The predicted molar refractivity (Wildman–Crippen MR) is 80.6 cm³/mol. The maximum Gasteiger partial charge on any atom is 0.226 e. The van der Waals surface area contributed by atoms with Gasteiger partial charge in [-0.05, 0) is 76.2 Å². The van der Waals surface area contributed by atoms with E-state index in [4.69, 9.17) is 0 Å². The summed E-state index contributed by atoms with van der Waals surface area (Å²) in [6, 6.07) is 0.305. The first-order valence-electron chi connectivity index (χ1n) is 8.74. The molecule has 3 N–H and O–H groups in total. The lowest BCUT2D eigenvalue weighted by Gasteiger charge is -2.62. The molecule has 21 heavy (non-hydrogen) atoms. The molecule has 4 heteroatoms. The largest absolute Gasteiger partial charge is 0.390 e. The smallest absolute Gasteiger partial charge is 0.226 e. The lowest BCUT2D eigenvalue weighted by molar-refractivity contribution is -0.196. The third-order valence-electron chi connectivity index (χ3n) is 6.96. The van der Waals surface area contributed by atoms with Crippen molar-refractivity contribution < 1.29 is 9.90 Å². The number of carbonyl (C=O) groups is 1. The van der Waals surface area contributed by atoms with Gasteiger partial charge in [0.15, 0.2) is 0 Å². The van der Waals surface area contributed by atoms with Crippen LogP contribution in [0.25, 0.3) is 0 Å². The molecule has 118 valence electrons. The van der Waals surface area contributed by atoms with Crippen LogP contribution >= 0.6 is 0 Å². The van der Waals surface area contributed by atoms with E-state index < -0.39 is 5.60 Å². The van der Waals surface area contributed by atoms with E-state index in [1.54, 1.807) is 0 Å². The minimum absolute atomic E-state index is 0.170. The van der Waals surface area contributed by atoms with Crippen LogP contribution in [0.3, 0.4) is 0 Å². The summed E-state index contributed by atoms with van der Waals surface area (Å²) in [7, 11) is 0. The molecule has 5 aliphatic rings. The van der Waals surface area contributed by atoms with Crippen molar-refractivity contribution in [3.8, 4) is 0 Å². The standard InChI is InChI=1S/C17H28N2O2/c1-16(21)12-5-11-6-13(16)9-17(7-11,8-12)15(20)19-14-3-2-4-18-10-14/h11-14,18,21H,2-10H2,1H3,(H,19,20)/t11?,12?,13?,14-,16?,17?/m0/s1. The van der Waals surface area contributed by atoms with Crippen LogP contribution in [0.4, 0.5) is 0 Å². The fourth-order valence-corrected chi connectivity index (χ4v) is 5.80. The summed E-state index contributed by atoms with van der Waals surface area (Å²) in [5.74, 6) is 1.61. The molecule has 5 fully saturated rings. The molecule has 0 radical (unpaired) electrons. The van der Waals surface area contributed by atoms with Crippen molar-refractivity contribution in [1.29, 1.82) is 0 Å². The highest BCUT2D eigenvalue weighted by atomic mass is 16.3. The first-order valence-corrected chi connectivity index (χ1v) is 8.74. The van der Waals surface area contributed by atoms with E-state index in [1.165, 1.54) is 0 Å². The highest BCUT2D eigenvalue weighted by Crippen LogP contribution is 2.63. The summed E-state index contributed by atoms with van der Waals surface area (Å²) in [5, 5.41) is 17.5. The molecule has 4 nitrogen and oxygen atoms in total. The first-order chi connectivity index (χ1) is 9.99. The summed E-state index contributed by atoms with van der Waals surface area (Å²) in [6.07, 6.45) is 7.37. The number of rotatable bonds is 2. The van der Waals surface area contributed by atoms with Crippen LogP contribution in [0, 0.1) is 23.2 Å². The Balaban J connectivity index is 1.51. The topological polar surface area (TPSA) is 61.4 Å². The fourth-order valence-electron chi connectivity index (χ4n) is 5.80. The molecule has 2 unspecified atom stereocenters. The van der Waals surface area contributed by atoms with Gasteiger partial charge in [0.1, 0.15) is 0 Å². The van der Waals surface area contributed by atoms with E-state index in [-0.39, 0.29) is 11.3 Å². The van der Waals surface area contributed by atoms with Gasteiger partial charge in [0.05, 0.1) is 11.0 Å². The zero-order valence-corrected chi connectivity index (χ0v) is 13.0. The average Bonchev–Trinajstić information content (AvgIpc) is 2.45. The van der Waals surface area contributed by atoms with Crippen molar-refractivity contribution >= 4 is 5.91 Å². The SMILES string of the molecule is CC1(O)C2CC3CC1CC(C(=O)N[C@H]1CCCNC1)(C3)C2. The monoisotopic (exact) mass is 292 g/mol. The van der Waals surface area contributed by atoms with E-state index in [0.717, 1.165) is 58.0 Å². The summed E-state index contributed by atoms with van der Waals surface area (Å²) < 4.78 is 0. The molecule has 1 amide bonds. The zero-order chi connectivity index (χ0) is 14.7. The number of piperidine rings is 1.